The molecular weight excluding hydrogens is 474 g/mol. The molecule has 1 N–H and O–H groups in total. The highest BCUT2D eigenvalue weighted by Gasteiger charge is 2.46. The first-order valence-corrected chi connectivity index (χ1v) is 12.4. The van der Waals surface area contributed by atoms with Crippen molar-refractivity contribution in [2.75, 3.05) is 40.6 Å². The molecule has 0 bridgehead atoms. The van der Waals surface area contributed by atoms with E-state index in [0.717, 1.165) is 5.56 Å². The van der Waals surface area contributed by atoms with Crippen LogP contribution in [0.2, 0.25) is 0 Å². The van der Waals surface area contributed by atoms with Gasteiger partial charge in [-0.25, -0.2) is 0 Å². The monoisotopic (exact) mass is 511 g/mol. The fourth-order valence-corrected chi connectivity index (χ4v) is 4.48. The van der Waals surface area contributed by atoms with Crippen LogP contribution >= 0.6 is 0 Å². The van der Waals surface area contributed by atoms with E-state index in [0.29, 0.717) is 41.6 Å². The number of amides is 1. The number of ketones is 1. The van der Waals surface area contributed by atoms with E-state index in [-0.39, 0.29) is 29.9 Å². The van der Waals surface area contributed by atoms with Crippen molar-refractivity contribution in [3.05, 3.63) is 58.7 Å². The van der Waals surface area contributed by atoms with Crippen molar-refractivity contribution >= 4 is 17.4 Å². The number of likely N-dealkylation sites (tertiary alicyclic amines) is 1. The van der Waals surface area contributed by atoms with Gasteiger partial charge in [0.15, 0.2) is 11.5 Å². The van der Waals surface area contributed by atoms with Crippen molar-refractivity contribution in [3.63, 3.8) is 0 Å². The standard InChI is InChI=1S/C29H37NO7/c1-8-36-21-12-11-19(16-20(21)29(3,4)5)26(31)24-25(30(14-15-34-6)28(33)27(24)32)18-10-13-22(35-7)23(17-18)37-9-2/h10-13,16-17,25,31H,8-9,14-15H2,1-7H3/b26-24+. The van der Waals surface area contributed by atoms with Crippen LogP contribution in [0, 0.1) is 0 Å². The number of carbonyl (C=O) groups excluding carboxylic acids is 2. The van der Waals surface area contributed by atoms with Crippen LogP contribution in [0.3, 0.4) is 0 Å². The summed E-state index contributed by atoms with van der Waals surface area (Å²) in [5.74, 6) is 0.0281. The van der Waals surface area contributed by atoms with Gasteiger partial charge in [0.05, 0.1) is 38.5 Å². The largest absolute Gasteiger partial charge is 0.507 e. The second-order valence-corrected chi connectivity index (χ2v) is 9.72. The molecule has 2 aromatic carbocycles. The first-order valence-electron chi connectivity index (χ1n) is 12.4. The molecule has 1 unspecified atom stereocenters. The Morgan fingerprint density at radius 1 is 0.946 bits per heavy atom. The molecule has 1 fully saturated rings. The lowest BCUT2D eigenvalue weighted by Crippen LogP contribution is -2.32. The van der Waals surface area contributed by atoms with Crippen molar-refractivity contribution in [1.82, 2.24) is 4.90 Å². The Morgan fingerprint density at radius 3 is 2.19 bits per heavy atom. The van der Waals surface area contributed by atoms with Crippen molar-refractivity contribution in [1.29, 1.82) is 0 Å². The van der Waals surface area contributed by atoms with E-state index in [1.807, 2.05) is 40.7 Å². The SMILES string of the molecule is CCOc1cc(C2/C(=C(\O)c3ccc(OCC)c(C(C)(C)C)c3)C(=O)C(=O)N2CCOC)ccc1OC. The van der Waals surface area contributed by atoms with Gasteiger partial charge < -0.3 is 29.0 Å². The third kappa shape index (κ3) is 5.74. The van der Waals surface area contributed by atoms with E-state index in [2.05, 4.69) is 0 Å². The average Bonchev–Trinajstić information content (AvgIpc) is 3.11. The van der Waals surface area contributed by atoms with Crippen LogP contribution in [0.4, 0.5) is 0 Å². The van der Waals surface area contributed by atoms with E-state index >= 15 is 0 Å². The minimum atomic E-state index is -0.829. The molecule has 0 aliphatic carbocycles. The number of aliphatic hydroxyl groups is 1. The van der Waals surface area contributed by atoms with E-state index in [9.17, 15) is 14.7 Å². The number of aliphatic hydroxyl groups excluding tert-OH is 1. The summed E-state index contributed by atoms with van der Waals surface area (Å²) in [7, 11) is 3.07. The van der Waals surface area contributed by atoms with Gasteiger partial charge in [0.2, 0.25) is 0 Å². The van der Waals surface area contributed by atoms with Crippen LogP contribution in [0.25, 0.3) is 5.76 Å². The molecule has 1 aliphatic heterocycles. The van der Waals surface area contributed by atoms with Crippen LogP contribution in [-0.4, -0.2) is 62.3 Å². The predicted molar refractivity (Wildman–Crippen MR) is 141 cm³/mol. The quantitative estimate of drug-likeness (QED) is 0.277. The second kappa shape index (κ2) is 11.7. The molecule has 3 rings (SSSR count). The molecule has 8 nitrogen and oxygen atoms in total. The molecule has 0 spiro atoms. The van der Waals surface area contributed by atoms with E-state index in [4.69, 9.17) is 18.9 Å². The molecule has 1 amide bonds. The van der Waals surface area contributed by atoms with Crippen molar-refractivity contribution in [3.8, 4) is 17.2 Å². The van der Waals surface area contributed by atoms with Crippen molar-refractivity contribution in [2.24, 2.45) is 0 Å². The molecular formula is C29H37NO7. The Hall–Kier alpha value is -3.52. The van der Waals surface area contributed by atoms with E-state index in [1.165, 1.54) is 12.0 Å². The number of Topliss-reactive ketones (excluding diaryl/α,β-unsaturated/α-hetero) is 1. The zero-order valence-electron chi connectivity index (χ0n) is 22.7. The maximum Gasteiger partial charge on any atom is 0.295 e. The fourth-order valence-electron chi connectivity index (χ4n) is 4.48. The zero-order chi connectivity index (χ0) is 27.3. The van der Waals surface area contributed by atoms with Crippen LogP contribution in [0.5, 0.6) is 17.2 Å². The van der Waals surface area contributed by atoms with Crippen LogP contribution in [0.1, 0.15) is 57.4 Å². The minimum Gasteiger partial charge on any atom is -0.507 e. The van der Waals surface area contributed by atoms with E-state index < -0.39 is 17.7 Å². The molecule has 0 saturated carbocycles. The third-order valence-corrected chi connectivity index (χ3v) is 6.24. The predicted octanol–water partition coefficient (Wildman–Crippen LogP) is 4.86. The lowest BCUT2D eigenvalue weighted by molar-refractivity contribution is -0.140. The van der Waals surface area contributed by atoms with Gasteiger partial charge in [-0.05, 0) is 55.2 Å². The van der Waals surface area contributed by atoms with Gasteiger partial charge in [0.25, 0.3) is 11.7 Å². The van der Waals surface area contributed by atoms with Crippen molar-refractivity contribution in [2.45, 2.75) is 46.1 Å². The zero-order valence-corrected chi connectivity index (χ0v) is 22.7. The number of ether oxygens (including phenoxy) is 4. The highest BCUT2D eigenvalue weighted by molar-refractivity contribution is 6.46. The summed E-state index contributed by atoms with van der Waals surface area (Å²) in [6.45, 7) is 11.2. The summed E-state index contributed by atoms with van der Waals surface area (Å²) in [5.41, 5.74) is 1.65. The Bertz CT molecular complexity index is 1180. The third-order valence-electron chi connectivity index (χ3n) is 6.24. The van der Waals surface area contributed by atoms with Gasteiger partial charge in [0, 0.05) is 24.8 Å². The average molecular weight is 512 g/mol. The Balaban J connectivity index is 2.24. The Morgan fingerprint density at radius 2 is 1.59 bits per heavy atom. The van der Waals surface area contributed by atoms with Gasteiger partial charge in [-0.1, -0.05) is 26.8 Å². The Kier molecular flexibility index (Phi) is 8.86. The van der Waals surface area contributed by atoms with E-state index in [1.54, 1.807) is 37.4 Å². The molecule has 0 aromatic heterocycles. The first-order chi connectivity index (χ1) is 17.6. The Labute approximate surface area is 218 Å². The number of hydrogen-bond donors (Lipinski definition) is 1. The molecule has 37 heavy (non-hydrogen) atoms. The number of carbonyl (C=O) groups is 2. The number of benzene rings is 2. The molecule has 1 heterocycles. The lowest BCUT2D eigenvalue weighted by atomic mass is 9.84. The van der Waals surface area contributed by atoms with Crippen LogP contribution < -0.4 is 14.2 Å². The first kappa shape index (κ1) is 28.1. The maximum absolute atomic E-state index is 13.3. The number of hydrogen-bond acceptors (Lipinski definition) is 7. The summed E-state index contributed by atoms with van der Waals surface area (Å²) in [4.78, 5) is 27.9. The van der Waals surface area contributed by atoms with Gasteiger partial charge in [-0.2, -0.15) is 0 Å². The second-order valence-electron chi connectivity index (χ2n) is 9.72. The maximum atomic E-state index is 13.3. The molecule has 1 saturated heterocycles. The number of rotatable bonds is 10. The molecule has 8 heteroatoms. The lowest BCUT2D eigenvalue weighted by Gasteiger charge is -2.26. The number of methoxy groups -OCH3 is 2. The highest BCUT2D eigenvalue weighted by Crippen LogP contribution is 2.43. The van der Waals surface area contributed by atoms with Crippen LogP contribution in [-0.2, 0) is 19.7 Å². The molecule has 0 radical (unpaired) electrons. The topological polar surface area (TPSA) is 94.5 Å². The number of nitrogens with zero attached hydrogens (tertiary/aromatic N) is 1. The van der Waals surface area contributed by atoms with Gasteiger partial charge in [0.1, 0.15) is 11.5 Å². The summed E-state index contributed by atoms with van der Waals surface area (Å²) in [6, 6.07) is 9.72. The fraction of sp³-hybridized carbons (Fsp3) is 0.448. The normalized spacial score (nSPS) is 17.3. The highest BCUT2D eigenvalue weighted by atomic mass is 16.5. The minimum absolute atomic E-state index is 0.0118. The molecule has 2 aromatic rings. The summed E-state index contributed by atoms with van der Waals surface area (Å²) < 4.78 is 22.1. The molecule has 200 valence electrons. The summed E-state index contributed by atoms with van der Waals surface area (Å²) >= 11 is 0. The molecule has 1 atom stereocenters. The summed E-state index contributed by atoms with van der Waals surface area (Å²) in [6.07, 6.45) is 0. The van der Waals surface area contributed by atoms with Gasteiger partial charge in [-0.3, -0.25) is 9.59 Å². The van der Waals surface area contributed by atoms with Gasteiger partial charge in [-0.15, -0.1) is 0 Å². The van der Waals surface area contributed by atoms with Gasteiger partial charge >= 0.3 is 0 Å². The smallest absolute Gasteiger partial charge is 0.295 e. The van der Waals surface area contributed by atoms with Crippen LogP contribution in [0.15, 0.2) is 42.0 Å². The van der Waals surface area contributed by atoms with Crippen molar-refractivity contribution < 1.29 is 33.6 Å². The summed E-state index contributed by atoms with van der Waals surface area (Å²) in [5, 5.41) is 11.5. The molecule has 1 aliphatic rings.